The van der Waals surface area contributed by atoms with Crippen molar-refractivity contribution in [1.82, 2.24) is 4.90 Å². The van der Waals surface area contributed by atoms with Crippen LogP contribution in [-0.4, -0.2) is 37.4 Å². The summed E-state index contributed by atoms with van der Waals surface area (Å²) in [6.07, 6.45) is 1.36. The van der Waals surface area contributed by atoms with Crippen LogP contribution in [0.3, 0.4) is 0 Å². The van der Waals surface area contributed by atoms with Crippen molar-refractivity contribution in [2.24, 2.45) is 0 Å². The van der Waals surface area contributed by atoms with Crippen molar-refractivity contribution >= 4 is 23.2 Å². The van der Waals surface area contributed by atoms with Crippen LogP contribution in [-0.2, 0) is 16.1 Å². The molecule has 0 saturated carbocycles. The van der Waals surface area contributed by atoms with Gasteiger partial charge < -0.3 is 15.1 Å². The zero-order chi connectivity index (χ0) is 16.7. The van der Waals surface area contributed by atoms with Crippen LogP contribution in [0.2, 0.25) is 0 Å². The molecule has 0 bridgehead atoms. The molecule has 1 aromatic rings. The molecule has 0 aromatic heterocycles. The molecule has 0 fully saturated rings. The van der Waals surface area contributed by atoms with E-state index in [0.717, 1.165) is 29.9 Å². The van der Waals surface area contributed by atoms with Crippen LogP contribution in [0.5, 0.6) is 0 Å². The van der Waals surface area contributed by atoms with Crippen LogP contribution in [0, 0.1) is 0 Å². The number of carbonyl (C=O) groups is 2. The summed E-state index contributed by atoms with van der Waals surface area (Å²) in [7, 11) is 3.95. The Hall–Kier alpha value is -2.04. The van der Waals surface area contributed by atoms with E-state index in [1.54, 1.807) is 6.92 Å². The average molecular weight is 305 g/mol. The second-order valence-corrected chi connectivity index (χ2v) is 5.58. The van der Waals surface area contributed by atoms with Crippen molar-refractivity contribution in [1.29, 1.82) is 0 Å². The molecule has 0 spiro atoms. The highest BCUT2D eigenvalue weighted by Gasteiger charge is 2.13. The molecular weight excluding hydrogens is 278 g/mol. The van der Waals surface area contributed by atoms with Crippen LogP contribution in [0.15, 0.2) is 18.2 Å². The molecule has 0 heterocycles. The Balaban J connectivity index is 3.08. The Morgan fingerprint density at radius 3 is 2.36 bits per heavy atom. The lowest BCUT2D eigenvalue weighted by Crippen LogP contribution is -2.29. The maximum Gasteiger partial charge on any atom is 0.224 e. The van der Waals surface area contributed by atoms with Gasteiger partial charge >= 0.3 is 0 Å². The average Bonchev–Trinajstić information content (AvgIpc) is 2.46. The molecule has 122 valence electrons. The van der Waals surface area contributed by atoms with Gasteiger partial charge in [0.15, 0.2) is 0 Å². The molecular formula is C17H27N3O2. The van der Waals surface area contributed by atoms with E-state index in [9.17, 15) is 9.59 Å². The minimum Gasteiger partial charge on any atom is -0.377 e. The van der Waals surface area contributed by atoms with Gasteiger partial charge in [0.1, 0.15) is 0 Å². The highest BCUT2D eigenvalue weighted by atomic mass is 16.2. The first-order valence-electron chi connectivity index (χ1n) is 7.74. The van der Waals surface area contributed by atoms with Gasteiger partial charge in [0.05, 0.1) is 0 Å². The van der Waals surface area contributed by atoms with Crippen molar-refractivity contribution in [3.8, 4) is 0 Å². The molecule has 1 N–H and O–H groups in total. The van der Waals surface area contributed by atoms with Crippen molar-refractivity contribution in [3.05, 3.63) is 23.8 Å². The molecule has 0 aliphatic heterocycles. The lowest BCUT2D eigenvalue weighted by molar-refractivity contribution is -0.129. The molecule has 1 aromatic carbocycles. The van der Waals surface area contributed by atoms with E-state index in [1.807, 2.05) is 49.0 Å². The number of hydrogen-bond donors (Lipinski definition) is 1. The fraction of sp³-hybridized carbons (Fsp3) is 0.529. The van der Waals surface area contributed by atoms with E-state index in [0.29, 0.717) is 13.0 Å². The second kappa shape index (κ2) is 8.41. The predicted molar refractivity (Wildman–Crippen MR) is 91.1 cm³/mol. The molecule has 0 saturated heterocycles. The fourth-order valence-corrected chi connectivity index (χ4v) is 2.30. The summed E-state index contributed by atoms with van der Waals surface area (Å²) in [6.45, 7) is 6.75. The maximum absolute atomic E-state index is 11.8. The third-order valence-corrected chi connectivity index (χ3v) is 3.47. The third kappa shape index (κ3) is 5.06. The highest BCUT2D eigenvalue weighted by molar-refractivity contribution is 5.90. The van der Waals surface area contributed by atoms with Crippen molar-refractivity contribution in [2.75, 3.05) is 30.9 Å². The first kappa shape index (κ1) is 18.0. The van der Waals surface area contributed by atoms with Crippen molar-refractivity contribution in [2.45, 2.75) is 40.2 Å². The number of nitrogens with one attached hydrogen (secondary N) is 1. The fourth-order valence-electron chi connectivity index (χ4n) is 2.30. The summed E-state index contributed by atoms with van der Waals surface area (Å²) in [5.74, 6) is 0.0510. The van der Waals surface area contributed by atoms with E-state index < -0.39 is 0 Å². The maximum atomic E-state index is 11.8. The Kier molecular flexibility index (Phi) is 6.89. The number of benzene rings is 1. The number of anilines is 2. The predicted octanol–water partition coefficient (Wildman–Crippen LogP) is 2.86. The van der Waals surface area contributed by atoms with Crippen LogP contribution in [0.4, 0.5) is 11.4 Å². The Labute approximate surface area is 133 Å². The number of carbonyl (C=O) groups excluding carboxylic acids is 2. The molecule has 5 nitrogen and oxygen atoms in total. The Morgan fingerprint density at radius 2 is 1.86 bits per heavy atom. The van der Waals surface area contributed by atoms with Gasteiger partial charge in [-0.15, -0.1) is 0 Å². The van der Waals surface area contributed by atoms with Gasteiger partial charge in [-0.05, 0) is 30.2 Å². The number of rotatable bonds is 7. The smallest absolute Gasteiger partial charge is 0.224 e. The lowest BCUT2D eigenvalue weighted by atomic mass is 10.1. The summed E-state index contributed by atoms with van der Waals surface area (Å²) in [5.41, 5.74) is 2.85. The highest BCUT2D eigenvalue weighted by Crippen LogP contribution is 2.24. The molecule has 5 heteroatoms. The summed E-state index contributed by atoms with van der Waals surface area (Å²) < 4.78 is 0. The summed E-state index contributed by atoms with van der Waals surface area (Å²) in [5, 5.41) is 2.87. The molecule has 0 aliphatic rings. The third-order valence-electron chi connectivity index (χ3n) is 3.47. The van der Waals surface area contributed by atoms with Gasteiger partial charge in [-0.2, -0.15) is 0 Å². The monoisotopic (exact) mass is 305 g/mol. The summed E-state index contributed by atoms with van der Waals surface area (Å²) in [6, 6.07) is 5.82. The normalized spacial score (nSPS) is 10.2. The first-order valence-corrected chi connectivity index (χ1v) is 7.74. The van der Waals surface area contributed by atoms with E-state index in [4.69, 9.17) is 0 Å². The van der Waals surface area contributed by atoms with E-state index >= 15 is 0 Å². The molecule has 22 heavy (non-hydrogen) atoms. The molecule has 2 amide bonds. The summed E-state index contributed by atoms with van der Waals surface area (Å²) >= 11 is 0. The van der Waals surface area contributed by atoms with Gasteiger partial charge in [0, 0.05) is 51.9 Å². The van der Waals surface area contributed by atoms with E-state index in [-0.39, 0.29) is 11.8 Å². The summed E-state index contributed by atoms with van der Waals surface area (Å²) in [4.78, 5) is 27.2. The standard InChI is InChI=1S/C17H27N3O2/c1-6-10-20(13(3)21)12-14-11-15(18-17(22)7-2)8-9-16(14)19(4)5/h8-9,11H,6-7,10,12H2,1-5H3,(H,18,22). The zero-order valence-electron chi connectivity index (χ0n) is 14.3. The Morgan fingerprint density at radius 1 is 1.18 bits per heavy atom. The minimum atomic E-state index is -0.0134. The van der Waals surface area contributed by atoms with Gasteiger partial charge in [0.2, 0.25) is 11.8 Å². The quantitative estimate of drug-likeness (QED) is 0.843. The van der Waals surface area contributed by atoms with Crippen molar-refractivity contribution < 1.29 is 9.59 Å². The van der Waals surface area contributed by atoms with Gasteiger partial charge in [-0.25, -0.2) is 0 Å². The van der Waals surface area contributed by atoms with E-state index in [1.165, 1.54) is 0 Å². The minimum absolute atomic E-state index is 0.0134. The van der Waals surface area contributed by atoms with Crippen LogP contribution in [0.1, 0.15) is 39.2 Å². The molecule has 0 aliphatic carbocycles. The van der Waals surface area contributed by atoms with Crippen LogP contribution >= 0.6 is 0 Å². The molecule has 1 rings (SSSR count). The van der Waals surface area contributed by atoms with Gasteiger partial charge in [-0.1, -0.05) is 13.8 Å². The van der Waals surface area contributed by atoms with Crippen LogP contribution in [0.25, 0.3) is 0 Å². The number of nitrogens with zero attached hydrogens (tertiary/aromatic N) is 2. The SMILES string of the molecule is CCCN(Cc1cc(NC(=O)CC)ccc1N(C)C)C(C)=O. The molecule has 0 unspecified atom stereocenters. The second-order valence-electron chi connectivity index (χ2n) is 5.58. The first-order chi connectivity index (χ1) is 10.4. The van der Waals surface area contributed by atoms with E-state index in [2.05, 4.69) is 12.2 Å². The largest absolute Gasteiger partial charge is 0.377 e. The molecule has 0 atom stereocenters. The zero-order valence-corrected chi connectivity index (χ0v) is 14.3. The Bertz CT molecular complexity index is 527. The van der Waals surface area contributed by atoms with Crippen LogP contribution < -0.4 is 10.2 Å². The van der Waals surface area contributed by atoms with Gasteiger partial charge in [0.25, 0.3) is 0 Å². The number of hydrogen-bond acceptors (Lipinski definition) is 3. The van der Waals surface area contributed by atoms with Gasteiger partial charge in [-0.3, -0.25) is 9.59 Å². The molecule has 0 radical (unpaired) electrons. The lowest BCUT2D eigenvalue weighted by Gasteiger charge is -2.25. The number of amides is 2. The van der Waals surface area contributed by atoms with Crippen molar-refractivity contribution in [3.63, 3.8) is 0 Å². The topological polar surface area (TPSA) is 52.7 Å².